The van der Waals surface area contributed by atoms with Gasteiger partial charge in [-0.2, -0.15) is 0 Å². The van der Waals surface area contributed by atoms with E-state index >= 15 is 0 Å². The van der Waals surface area contributed by atoms with Crippen LogP contribution in [0.4, 0.5) is 11.4 Å². The third-order valence-electron chi connectivity index (χ3n) is 3.37. The second-order valence-electron chi connectivity index (χ2n) is 4.85. The molecule has 1 aromatic rings. The van der Waals surface area contributed by atoms with Crippen LogP contribution in [0.2, 0.25) is 0 Å². The molecule has 0 aromatic heterocycles. The van der Waals surface area contributed by atoms with Gasteiger partial charge in [-0.1, -0.05) is 13.3 Å². The Bertz CT molecular complexity index is 459. The Hall–Kier alpha value is -1.82. The fraction of sp³-hybridized carbons (Fsp3) is 0.571. The van der Waals surface area contributed by atoms with Gasteiger partial charge < -0.3 is 15.0 Å². The number of anilines is 1. The summed E-state index contributed by atoms with van der Waals surface area (Å²) in [7, 11) is 0. The van der Waals surface area contributed by atoms with Crippen molar-refractivity contribution in [3.63, 3.8) is 0 Å². The molecule has 0 saturated carbocycles. The van der Waals surface area contributed by atoms with Gasteiger partial charge in [-0.25, -0.2) is 0 Å². The summed E-state index contributed by atoms with van der Waals surface area (Å²) >= 11 is 0. The molecule has 1 heterocycles. The summed E-state index contributed by atoms with van der Waals surface area (Å²) in [4.78, 5) is 13.0. The summed E-state index contributed by atoms with van der Waals surface area (Å²) in [6.07, 6.45) is 1.99. The van der Waals surface area contributed by atoms with Gasteiger partial charge in [0.05, 0.1) is 17.6 Å². The van der Waals surface area contributed by atoms with Gasteiger partial charge in [0.25, 0.3) is 5.69 Å². The summed E-state index contributed by atoms with van der Waals surface area (Å²) in [6.45, 7) is 5.96. The van der Waals surface area contributed by atoms with E-state index in [1.54, 1.807) is 6.07 Å². The van der Waals surface area contributed by atoms with Crippen molar-refractivity contribution < 1.29 is 9.66 Å². The number of benzene rings is 1. The topological polar surface area (TPSA) is 67.6 Å². The summed E-state index contributed by atoms with van der Waals surface area (Å²) in [5, 5.41) is 14.5. The fourth-order valence-electron chi connectivity index (χ4n) is 2.25. The Kier molecular flexibility index (Phi) is 5.17. The van der Waals surface area contributed by atoms with Gasteiger partial charge in [0.1, 0.15) is 11.4 Å². The highest BCUT2D eigenvalue weighted by atomic mass is 16.6. The molecule has 0 spiro atoms. The van der Waals surface area contributed by atoms with Crippen LogP contribution < -0.4 is 15.0 Å². The molecule has 1 fully saturated rings. The highest BCUT2D eigenvalue weighted by molar-refractivity contribution is 5.65. The van der Waals surface area contributed by atoms with E-state index in [1.807, 2.05) is 11.0 Å². The predicted molar refractivity (Wildman–Crippen MR) is 78.6 cm³/mol. The van der Waals surface area contributed by atoms with E-state index in [4.69, 9.17) is 4.74 Å². The summed E-state index contributed by atoms with van der Waals surface area (Å²) in [5.41, 5.74) is 0.806. The van der Waals surface area contributed by atoms with Crippen molar-refractivity contribution >= 4 is 11.4 Å². The molecule has 6 heteroatoms. The number of ether oxygens (including phenoxy) is 1. The van der Waals surface area contributed by atoms with E-state index in [0.717, 1.165) is 39.0 Å². The molecule has 0 aliphatic carbocycles. The van der Waals surface area contributed by atoms with Crippen LogP contribution in [-0.4, -0.2) is 37.7 Å². The smallest absolute Gasteiger partial charge is 0.296 e. The zero-order valence-electron chi connectivity index (χ0n) is 11.8. The van der Waals surface area contributed by atoms with Gasteiger partial charge in [0.2, 0.25) is 0 Å². The highest BCUT2D eigenvalue weighted by Gasteiger charge is 2.21. The zero-order valence-corrected chi connectivity index (χ0v) is 11.8. The van der Waals surface area contributed by atoms with Crippen LogP contribution in [0.25, 0.3) is 0 Å². The van der Waals surface area contributed by atoms with Gasteiger partial charge in [-0.15, -0.1) is 0 Å². The first kappa shape index (κ1) is 14.6. The van der Waals surface area contributed by atoms with Crippen molar-refractivity contribution in [3.8, 4) is 5.75 Å². The second-order valence-corrected chi connectivity index (χ2v) is 4.85. The molecular weight excluding hydrogens is 258 g/mol. The molecule has 20 heavy (non-hydrogen) atoms. The van der Waals surface area contributed by atoms with Crippen molar-refractivity contribution in [2.24, 2.45) is 0 Å². The number of piperazine rings is 1. The monoisotopic (exact) mass is 279 g/mol. The standard InChI is InChI=1S/C14H21N3O3/c1-2-3-10-20-12-4-5-13(14(11-12)17(18)19)16-8-6-15-7-9-16/h4-5,11,15H,2-3,6-10H2,1H3. The summed E-state index contributed by atoms with van der Waals surface area (Å²) in [5.74, 6) is 0.573. The molecule has 110 valence electrons. The van der Waals surface area contributed by atoms with Crippen LogP contribution in [0.5, 0.6) is 5.75 Å². The lowest BCUT2D eigenvalue weighted by molar-refractivity contribution is -0.384. The number of hydrogen-bond donors (Lipinski definition) is 1. The molecule has 0 atom stereocenters. The van der Waals surface area contributed by atoms with Crippen molar-refractivity contribution in [1.82, 2.24) is 5.32 Å². The third-order valence-corrected chi connectivity index (χ3v) is 3.37. The maximum Gasteiger partial charge on any atom is 0.296 e. The van der Waals surface area contributed by atoms with Crippen LogP contribution in [0.15, 0.2) is 18.2 Å². The minimum Gasteiger partial charge on any atom is -0.493 e. The SMILES string of the molecule is CCCCOc1ccc(N2CCNCC2)c([N+](=O)[O-])c1. The van der Waals surface area contributed by atoms with Crippen molar-refractivity contribution in [3.05, 3.63) is 28.3 Å². The zero-order chi connectivity index (χ0) is 14.4. The molecule has 1 saturated heterocycles. The van der Waals surface area contributed by atoms with Crippen molar-refractivity contribution in [1.29, 1.82) is 0 Å². The quantitative estimate of drug-likeness (QED) is 0.491. The number of unbranched alkanes of at least 4 members (excludes halogenated alkanes) is 1. The number of hydrogen-bond acceptors (Lipinski definition) is 5. The van der Waals surface area contributed by atoms with Gasteiger partial charge >= 0.3 is 0 Å². The van der Waals surface area contributed by atoms with E-state index in [2.05, 4.69) is 12.2 Å². The van der Waals surface area contributed by atoms with Crippen LogP contribution >= 0.6 is 0 Å². The second kappa shape index (κ2) is 7.09. The van der Waals surface area contributed by atoms with Gasteiger partial charge in [-0.05, 0) is 18.6 Å². The average Bonchev–Trinajstić information content (AvgIpc) is 2.48. The molecule has 1 aliphatic heterocycles. The summed E-state index contributed by atoms with van der Waals surface area (Å²) < 4.78 is 5.54. The first-order valence-corrected chi connectivity index (χ1v) is 7.09. The summed E-state index contributed by atoms with van der Waals surface area (Å²) in [6, 6.07) is 5.15. The van der Waals surface area contributed by atoms with Gasteiger partial charge in [-0.3, -0.25) is 10.1 Å². The Balaban J connectivity index is 2.16. The Labute approximate surface area is 118 Å². The third kappa shape index (κ3) is 3.60. The fourth-order valence-corrected chi connectivity index (χ4v) is 2.25. The minimum atomic E-state index is -0.329. The molecule has 2 rings (SSSR count). The Morgan fingerprint density at radius 2 is 2.15 bits per heavy atom. The molecule has 1 N–H and O–H groups in total. The maximum atomic E-state index is 11.3. The lowest BCUT2D eigenvalue weighted by Crippen LogP contribution is -2.43. The number of nitro benzene ring substituents is 1. The maximum absolute atomic E-state index is 11.3. The molecule has 0 bridgehead atoms. The van der Waals surface area contributed by atoms with E-state index in [9.17, 15) is 10.1 Å². The number of nitro groups is 1. The molecule has 1 aromatic carbocycles. The van der Waals surface area contributed by atoms with E-state index < -0.39 is 0 Å². The van der Waals surface area contributed by atoms with Crippen molar-refractivity contribution in [2.75, 3.05) is 37.7 Å². The Morgan fingerprint density at radius 3 is 2.80 bits per heavy atom. The van der Waals surface area contributed by atoms with E-state index in [1.165, 1.54) is 6.07 Å². The number of nitrogens with zero attached hydrogens (tertiary/aromatic N) is 2. The van der Waals surface area contributed by atoms with Crippen LogP contribution in [-0.2, 0) is 0 Å². The van der Waals surface area contributed by atoms with Crippen LogP contribution in [0.3, 0.4) is 0 Å². The molecular formula is C14H21N3O3. The average molecular weight is 279 g/mol. The molecule has 0 radical (unpaired) electrons. The Morgan fingerprint density at radius 1 is 1.40 bits per heavy atom. The van der Waals surface area contributed by atoms with Crippen LogP contribution in [0.1, 0.15) is 19.8 Å². The van der Waals surface area contributed by atoms with Gasteiger partial charge in [0.15, 0.2) is 0 Å². The molecule has 0 amide bonds. The highest BCUT2D eigenvalue weighted by Crippen LogP contribution is 2.32. The first-order valence-electron chi connectivity index (χ1n) is 7.09. The molecule has 1 aliphatic rings. The predicted octanol–water partition coefficient (Wildman–Crippen LogP) is 2.18. The molecule has 6 nitrogen and oxygen atoms in total. The van der Waals surface area contributed by atoms with Crippen molar-refractivity contribution in [2.45, 2.75) is 19.8 Å². The number of nitrogens with one attached hydrogen (secondary N) is 1. The van der Waals surface area contributed by atoms with Crippen LogP contribution in [0, 0.1) is 10.1 Å². The normalized spacial score (nSPS) is 15.2. The van der Waals surface area contributed by atoms with E-state index in [0.29, 0.717) is 18.0 Å². The largest absolute Gasteiger partial charge is 0.493 e. The van der Waals surface area contributed by atoms with E-state index in [-0.39, 0.29) is 10.6 Å². The molecule has 0 unspecified atom stereocenters. The first-order chi connectivity index (χ1) is 9.72. The van der Waals surface area contributed by atoms with Gasteiger partial charge in [0, 0.05) is 26.2 Å². The lowest BCUT2D eigenvalue weighted by Gasteiger charge is -2.29. The minimum absolute atomic E-state index is 0.126. The number of rotatable bonds is 6. The lowest BCUT2D eigenvalue weighted by atomic mass is 10.2.